The van der Waals surface area contributed by atoms with Crippen molar-refractivity contribution in [3.8, 4) is 0 Å². The smallest absolute Gasteiger partial charge is 0.309 e. The SMILES string of the molecule is CCOC(=O)C1CCN(C(=NC)NC2CC2c2c(F)cccc2Cl)CC1. The lowest BCUT2D eigenvalue weighted by Gasteiger charge is -2.33. The molecular formula is C19H25ClFN3O2. The normalized spacial score (nSPS) is 23.7. The van der Waals surface area contributed by atoms with Crippen molar-refractivity contribution in [1.29, 1.82) is 0 Å². The van der Waals surface area contributed by atoms with Gasteiger partial charge in [0.05, 0.1) is 12.5 Å². The van der Waals surface area contributed by atoms with E-state index >= 15 is 0 Å². The second-order valence-electron chi connectivity index (χ2n) is 6.79. The Morgan fingerprint density at radius 2 is 2.15 bits per heavy atom. The first kappa shape index (κ1) is 19.0. The van der Waals surface area contributed by atoms with Gasteiger partial charge in [0.1, 0.15) is 5.82 Å². The molecule has 1 aliphatic carbocycles. The topological polar surface area (TPSA) is 53.9 Å². The molecule has 1 aromatic rings. The zero-order chi connectivity index (χ0) is 18.7. The minimum Gasteiger partial charge on any atom is -0.466 e. The van der Waals surface area contributed by atoms with E-state index in [9.17, 15) is 9.18 Å². The predicted molar refractivity (Wildman–Crippen MR) is 100.0 cm³/mol. The van der Waals surface area contributed by atoms with Gasteiger partial charge in [0.15, 0.2) is 5.96 Å². The van der Waals surface area contributed by atoms with Crippen LogP contribution < -0.4 is 5.32 Å². The van der Waals surface area contributed by atoms with Crippen molar-refractivity contribution >= 4 is 23.5 Å². The van der Waals surface area contributed by atoms with Crippen LogP contribution in [0.25, 0.3) is 0 Å². The van der Waals surface area contributed by atoms with Gasteiger partial charge in [-0.05, 0) is 38.3 Å². The number of guanidine groups is 1. The van der Waals surface area contributed by atoms with Crippen molar-refractivity contribution in [1.82, 2.24) is 10.2 Å². The van der Waals surface area contributed by atoms with Crippen molar-refractivity contribution in [2.24, 2.45) is 10.9 Å². The van der Waals surface area contributed by atoms with Crippen molar-refractivity contribution < 1.29 is 13.9 Å². The number of carbonyl (C=O) groups excluding carboxylic acids is 1. The Hall–Kier alpha value is -1.82. The molecule has 0 spiro atoms. The fourth-order valence-electron chi connectivity index (χ4n) is 3.59. The van der Waals surface area contributed by atoms with E-state index < -0.39 is 0 Å². The van der Waals surface area contributed by atoms with Gasteiger partial charge in [-0.2, -0.15) is 0 Å². The lowest BCUT2D eigenvalue weighted by molar-refractivity contribution is -0.149. The maximum Gasteiger partial charge on any atom is 0.309 e. The number of benzene rings is 1. The molecule has 7 heteroatoms. The number of hydrogen-bond donors (Lipinski definition) is 1. The van der Waals surface area contributed by atoms with Crippen LogP contribution in [0.2, 0.25) is 5.02 Å². The van der Waals surface area contributed by atoms with E-state index in [0.29, 0.717) is 17.2 Å². The third-order valence-corrected chi connectivity index (χ3v) is 5.43. The zero-order valence-electron chi connectivity index (χ0n) is 15.2. The summed E-state index contributed by atoms with van der Waals surface area (Å²) in [5.74, 6) is 0.476. The van der Waals surface area contributed by atoms with E-state index in [4.69, 9.17) is 16.3 Å². The number of halogens is 2. The maximum atomic E-state index is 14.1. The second kappa shape index (κ2) is 8.25. The monoisotopic (exact) mass is 381 g/mol. The minimum atomic E-state index is -0.253. The average molecular weight is 382 g/mol. The summed E-state index contributed by atoms with van der Waals surface area (Å²) in [4.78, 5) is 18.4. The number of nitrogens with zero attached hydrogens (tertiary/aromatic N) is 2. The van der Waals surface area contributed by atoms with E-state index in [1.54, 1.807) is 19.2 Å². The van der Waals surface area contributed by atoms with Crippen molar-refractivity contribution in [2.75, 3.05) is 26.7 Å². The summed E-state index contributed by atoms with van der Waals surface area (Å²) in [5, 5.41) is 3.89. The molecule has 0 amide bonds. The maximum absolute atomic E-state index is 14.1. The number of nitrogens with one attached hydrogen (secondary N) is 1. The van der Waals surface area contributed by atoms with Crippen molar-refractivity contribution in [3.63, 3.8) is 0 Å². The standard InChI is InChI=1S/C19H25ClFN3O2/c1-3-26-18(25)12-7-9-24(10-8-12)19(22-2)23-16-11-13(16)17-14(20)5-4-6-15(17)21/h4-6,12-13,16H,3,7-11H2,1-2H3,(H,22,23). The second-order valence-corrected chi connectivity index (χ2v) is 7.20. The first-order chi connectivity index (χ1) is 12.5. The van der Waals surface area contributed by atoms with Crippen LogP contribution in [-0.4, -0.2) is 49.6 Å². The molecule has 0 aromatic heterocycles. The van der Waals surface area contributed by atoms with E-state index in [-0.39, 0.29) is 29.7 Å². The van der Waals surface area contributed by atoms with Crippen molar-refractivity contribution in [3.05, 3.63) is 34.6 Å². The Morgan fingerprint density at radius 3 is 2.77 bits per heavy atom. The minimum absolute atomic E-state index is 0.0322. The van der Waals surface area contributed by atoms with Crippen LogP contribution in [-0.2, 0) is 9.53 Å². The molecule has 1 saturated carbocycles. The van der Waals surface area contributed by atoms with Crippen LogP contribution in [0, 0.1) is 11.7 Å². The number of carbonyl (C=O) groups is 1. The van der Waals surface area contributed by atoms with Gasteiger partial charge in [0, 0.05) is 42.7 Å². The summed E-state index contributed by atoms with van der Waals surface area (Å²) in [6.07, 6.45) is 2.35. The average Bonchev–Trinajstić information content (AvgIpc) is 3.38. The van der Waals surface area contributed by atoms with E-state index in [1.165, 1.54) is 6.07 Å². The highest BCUT2D eigenvalue weighted by molar-refractivity contribution is 6.31. The van der Waals surface area contributed by atoms with Crippen LogP contribution >= 0.6 is 11.6 Å². The molecule has 2 aliphatic rings. The number of esters is 1. The summed E-state index contributed by atoms with van der Waals surface area (Å²) < 4.78 is 19.2. The van der Waals surface area contributed by atoms with E-state index in [2.05, 4.69) is 15.2 Å². The third kappa shape index (κ3) is 4.11. The Bertz CT molecular complexity index is 669. The Labute approximate surface area is 158 Å². The molecule has 1 saturated heterocycles. The summed E-state index contributed by atoms with van der Waals surface area (Å²) in [6.45, 7) is 3.75. The Balaban J connectivity index is 1.55. The van der Waals surface area contributed by atoms with Gasteiger partial charge >= 0.3 is 5.97 Å². The number of ether oxygens (including phenoxy) is 1. The van der Waals surface area contributed by atoms with Gasteiger partial charge in [0.2, 0.25) is 0 Å². The Morgan fingerprint density at radius 1 is 1.42 bits per heavy atom. The number of piperidine rings is 1. The van der Waals surface area contributed by atoms with Gasteiger partial charge in [-0.25, -0.2) is 4.39 Å². The molecular weight excluding hydrogens is 357 g/mol. The van der Waals surface area contributed by atoms with Crippen LogP contribution in [0.15, 0.2) is 23.2 Å². The summed E-state index contributed by atoms with van der Waals surface area (Å²) >= 11 is 6.17. The largest absolute Gasteiger partial charge is 0.466 e. The van der Waals surface area contributed by atoms with Crippen LogP contribution in [0.4, 0.5) is 4.39 Å². The van der Waals surface area contributed by atoms with E-state index in [0.717, 1.165) is 38.3 Å². The van der Waals surface area contributed by atoms with Crippen LogP contribution in [0.1, 0.15) is 37.7 Å². The highest BCUT2D eigenvalue weighted by Gasteiger charge is 2.42. The highest BCUT2D eigenvalue weighted by atomic mass is 35.5. The number of hydrogen-bond acceptors (Lipinski definition) is 3. The first-order valence-electron chi connectivity index (χ1n) is 9.14. The summed E-state index contributed by atoms with van der Waals surface area (Å²) in [7, 11) is 1.74. The summed E-state index contributed by atoms with van der Waals surface area (Å²) in [6, 6.07) is 4.93. The Kier molecular flexibility index (Phi) is 6.01. The van der Waals surface area contributed by atoms with Gasteiger partial charge in [-0.3, -0.25) is 9.79 Å². The van der Waals surface area contributed by atoms with Gasteiger partial charge in [-0.1, -0.05) is 17.7 Å². The molecule has 5 nitrogen and oxygen atoms in total. The highest BCUT2D eigenvalue weighted by Crippen LogP contribution is 2.45. The molecule has 142 valence electrons. The number of likely N-dealkylation sites (tertiary alicyclic amines) is 1. The summed E-state index contributed by atoms with van der Waals surface area (Å²) in [5.41, 5.74) is 0.586. The molecule has 2 atom stereocenters. The zero-order valence-corrected chi connectivity index (χ0v) is 15.9. The fourth-order valence-corrected chi connectivity index (χ4v) is 3.89. The number of aliphatic imine (C=N–C) groups is 1. The van der Waals surface area contributed by atoms with Gasteiger partial charge in [0.25, 0.3) is 0 Å². The molecule has 1 aromatic carbocycles. The van der Waals surface area contributed by atoms with Crippen LogP contribution in [0.5, 0.6) is 0 Å². The molecule has 1 aliphatic heterocycles. The molecule has 0 bridgehead atoms. The molecule has 2 fully saturated rings. The molecule has 0 radical (unpaired) electrons. The van der Waals surface area contributed by atoms with Gasteiger partial charge < -0.3 is 15.0 Å². The molecule has 3 rings (SSSR count). The van der Waals surface area contributed by atoms with E-state index in [1.807, 2.05) is 6.92 Å². The number of rotatable bonds is 4. The lowest BCUT2D eigenvalue weighted by atomic mass is 9.97. The quantitative estimate of drug-likeness (QED) is 0.494. The molecule has 26 heavy (non-hydrogen) atoms. The molecule has 2 unspecified atom stereocenters. The third-order valence-electron chi connectivity index (χ3n) is 5.10. The van der Waals surface area contributed by atoms with Crippen LogP contribution in [0.3, 0.4) is 0 Å². The van der Waals surface area contributed by atoms with Gasteiger partial charge in [-0.15, -0.1) is 0 Å². The molecule has 1 heterocycles. The lowest BCUT2D eigenvalue weighted by Crippen LogP contribution is -2.47. The predicted octanol–water partition coefficient (Wildman–Crippen LogP) is 3.19. The van der Waals surface area contributed by atoms with Crippen molar-refractivity contribution in [2.45, 2.75) is 38.1 Å². The first-order valence-corrected chi connectivity index (χ1v) is 9.51. The molecule has 1 N–H and O–H groups in total. The fraction of sp³-hybridized carbons (Fsp3) is 0.579.